The normalized spacial score (nSPS) is 16.9. The maximum atomic E-state index is 5.36. The first kappa shape index (κ1) is 15.1. The highest BCUT2D eigenvalue weighted by molar-refractivity contribution is 8.00. The number of nitrogen functional groups attached to an aromatic ring is 1. The van der Waals surface area contributed by atoms with E-state index in [1.165, 1.54) is 25.7 Å². The Morgan fingerprint density at radius 3 is 2.55 bits per heavy atom. The lowest BCUT2D eigenvalue weighted by atomic mass is 10.1. The molecule has 0 aliphatic heterocycles. The van der Waals surface area contributed by atoms with Gasteiger partial charge in [-0.3, -0.25) is 5.43 Å². The van der Waals surface area contributed by atoms with Crippen molar-refractivity contribution in [3.8, 4) is 6.01 Å². The first-order chi connectivity index (χ1) is 9.71. The predicted octanol–water partition coefficient (Wildman–Crippen LogP) is 1.64. The molecule has 0 unspecified atom stereocenters. The van der Waals surface area contributed by atoms with Gasteiger partial charge in [0, 0.05) is 11.3 Å². The molecule has 2 rings (SSSR count). The summed E-state index contributed by atoms with van der Waals surface area (Å²) < 4.78 is 5.60. The van der Waals surface area contributed by atoms with E-state index >= 15 is 0 Å². The molecule has 1 aromatic rings. The van der Waals surface area contributed by atoms with Crippen molar-refractivity contribution in [3.05, 3.63) is 0 Å². The number of rotatable bonds is 7. The van der Waals surface area contributed by atoms with Crippen molar-refractivity contribution < 1.29 is 4.74 Å². The van der Waals surface area contributed by atoms with Crippen molar-refractivity contribution in [1.82, 2.24) is 15.0 Å². The van der Waals surface area contributed by atoms with Gasteiger partial charge in [-0.2, -0.15) is 26.7 Å². The van der Waals surface area contributed by atoms with Gasteiger partial charge in [0.1, 0.15) is 0 Å². The summed E-state index contributed by atoms with van der Waals surface area (Å²) in [6.07, 6.45) is 7.21. The van der Waals surface area contributed by atoms with Crippen LogP contribution in [0.25, 0.3) is 0 Å². The van der Waals surface area contributed by atoms with Gasteiger partial charge in [-0.05, 0) is 26.0 Å². The highest BCUT2D eigenvalue weighted by Crippen LogP contribution is 2.40. The van der Waals surface area contributed by atoms with Crippen LogP contribution in [0.3, 0.4) is 0 Å². The molecule has 0 bridgehead atoms. The molecule has 0 saturated heterocycles. The van der Waals surface area contributed by atoms with Crippen molar-refractivity contribution in [2.45, 2.75) is 37.4 Å². The molecule has 4 N–H and O–H groups in total. The van der Waals surface area contributed by atoms with Crippen LogP contribution in [-0.4, -0.2) is 39.1 Å². The van der Waals surface area contributed by atoms with Crippen molar-refractivity contribution in [2.75, 3.05) is 30.1 Å². The van der Waals surface area contributed by atoms with Gasteiger partial charge >= 0.3 is 6.01 Å². The van der Waals surface area contributed by atoms with Gasteiger partial charge in [-0.25, -0.2) is 5.84 Å². The lowest BCUT2D eigenvalue weighted by Crippen LogP contribution is -2.30. The van der Waals surface area contributed by atoms with E-state index in [0.717, 1.165) is 6.54 Å². The Kier molecular flexibility index (Phi) is 5.24. The van der Waals surface area contributed by atoms with Crippen molar-refractivity contribution >= 4 is 23.7 Å². The topological polar surface area (TPSA) is 98.0 Å². The number of hydrogen-bond donors (Lipinski definition) is 3. The molecule has 1 aromatic heterocycles. The molecule has 1 saturated carbocycles. The van der Waals surface area contributed by atoms with Crippen LogP contribution in [0.15, 0.2) is 0 Å². The Hall–Kier alpha value is -1.28. The fraction of sp³-hybridized carbons (Fsp3) is 0.750. The zero-order valence-corrected chi connectivity index (χ0v) is 12.8. The number of ether oxygens (including phenoxy) is 1. The molecule has 0 amide bonds. The fourth-order valence-corrected chi connectivity index (χ4v) is 3.32. The van der Waals surface area contributed by atoms with Crippen LogP contribution in [0.4, 0.5) is 11.9 Å². The van der Waals surface area contributed by atoms with E-state index in [1.54, 1.807) is 0 Å². The van der Waals surface area contributed by atoms with Crippen LogP contribution < -0.4 is 21.3 Å². The molecule has 1 heterocycles. The van der Waals surface area contributed by atoms with E-state index in [2.05, 4.69) is 32.0 Å². The molecule has 20 heavy (non-hydrogen) atoms. The Morgan fingerprint density at radius 1 is 1.25 bits per heavy atom. The first-order valence-electron chi connectivity index (χ1n) is 6.86. The van der Waals surface area contributed by atoms with Crippen molar-refractivity contribution in [2.24, 2.45) is 5.84 Å². The third-order valence-corrected chi connectivity index (χ3v) is 4.95. The molecule has 0 aromatic carbocycles. The second-order valence-corrected chi connectivity index (χ2v) is 6.06. The number of nitrogens with two attached hydrogens (primary N) is 1. The van der Waals surface area contributed by atoms with Gasteiger partial charge in [0.25, 0.3) is 0 Å². The largest absolute Gasteiger partial charge is 0.464 e. The monoisotopic (exact) mass is 298 g/mol. The van der Waals surface area contributed by atoms with E-state index in [-0.39, 0.29) is 10.8 Å². The Labute approximate surface area is 123 Å². The van der Waals surface area contributed by atoms with Crippen LogP contribution >= 0.6 is 11.8 Å². The second kappa shape index (κ2) is 6.94. The summed E-state index contributed by atoms with van der Waals surface area (Å²) in [6.45, 7) is 3.23. The minimum absolute atomic E-state index is 0.280. The zero-order chi connectivity index (χ0) is 14.4. The lowest BCUT2D eigenvalue weighted by Gasteiger charge is -2.26. The molecule has 112 valence electrons. The minimum Gasteiger partial charge on any atom is -0.464 e. The van der Waals surface area contributed by atoms with E-state index in [1.807, 2.05) is 18.7 Å². The van der Waals surface area contributed by atoms with Crippen molar-refractivity contribution in [3.63, 3.8) is 0 Å². The molecule has 1 aliphatic rings. The van der Waals surface area contributed by atoms with Crippen molar-refractivity contribution in [1.29, 1.82) is 0 Å². The highest BCUT2D eigenvalue weighted by atomic mass is 32.2. The zero-order valence-electron chi connectivity index (χ0n) is 12.0. The van der Waals surface area contributed by atoms with E-state index < -0.39 is 0 Å². The number of hydrogen-bond acceptors (Lipinski definition) is 8. The standard InChI is InChI=1S/C12H22N6OS/c1-3-19-11-16-9(15-10(17-11)18-13)14-8-12(20-2)6-4-5-7-12/h3-8,13H2,1-2H3,(H2,14,15,16,17,18). The molecule has 0 spiro atoms. The molecule has 8 heteroatoms. The smallest absolute Gasteiger partial charge is 0.323 e. The predicted molar refractivity (Wildman–Crippen MR) is 82.0 cm³/mol. The Bertz CT molecular complexity index is 438. The van der Waals surface area contributed by atoms with Gasteiger partial charge in [-0.1, -0.05) is 12.8 Å². The second-order valence-electron chi connectivity index (χ2n) is 4.79. The Morgan fingerprint density at radius 2 is 1.95 bits per heavy atom. The van der Waals surface area contributed by atoms with Crippen LogP contribution in [-0.2, 0) is 0 Å². The first-order valence-corrected chi connectivity index (χ1v) is 8.08. The van der Waals surface area contributed by atoms with Gasteiger partial charge in [0.2, 0.25) is 11.9 Å². The Balaban J connectivity index is 2.06. The molecule has 1 fully saturated rings. The average Bonchev–Trinajstić information content (AvgIpc) is 2.95. The molecule has 1 aliphatic carbocycles. The number of nitrogens with zero attached hydrogens (tertiary/aromatic N) is 3. The number of hydrazine groups is 1. The summed E-state index contributed by atoms with van der Waals surface area (Å²) in [5.74, 6) is 6.16. The minimum atomic E-state index is 0.280. The number of aromatic nitrogens is 3. The summed E-state index contributed by atoms with van der Waals surface area (Å²) in [7, 11) is 0. The molecule has 0 atom stereocenters. The van der Waals surface area contributed by atoms with Crippen LogP contribution in [0.5, 0.6) is 6.01 Å². The highest BCUT2D eigenvalue weighted by Gasteiger charge is 2.32. The van der Waals surface area contributed by atoms with Crippen LogP contribution in [0, 0.1) is 0 Å². The third-order valence-electron chi connectivity index (χ3n) is 3.53. The summed E-state index contributed by atoms with van der Waals surface area (Å²) in [4.78, 5) is 12.5. The molecule has 0 radical (unpaired) electrons. The maximum Gasteiger partial charge on any atom is 0.323 e. The maximum absolute atomic E-state index is 5.36. The number of thioether (sulfide) groups is 1. The van der Waals surface area contributed by atoms with Gasteiger partial charge in [0.15, 0.2) is 0 Å². The van der Waals surface area contributed by atoms with Crippen LogP contribution in [0.2, 0.25) is 0 Å². The van der Waals surface area contributed by atoms with E-state index in [0.29, 0.717) is 18.5 Å². The average molecular weight is 298 g/mol. The quantitative estimate of drug-likeness (QED) is 0.516. The summed E-state index contributed by atoms with van der Waals surface area (Å²) in [5, 5.41) is 3.29. The van der Waals surface area contributed by atoms with Gasteiger partial charge in [0.05, 0.1) is 6.61 Å². The number of anilines is 2. The summed E-state index contributed by atoms with van der Waals surface area (Å²) >= 11 is 1.92. The van der Waals surface area contributed by atoms with Crippen LogP contribution in [0.1, 0.15) is 32.6 Å². The molecular weight excluding hydrogens is 276 g/mol. The fourth-order valence-electron chi connectivity index (χ4n) is 2.41. The van der Waals surface area contributed by atoms with Gasteiger partial charge in [-0.15, -0.1) is 0 Å². The van der Waals surface area contributed by atoms with Gasteiger partial charge < -0.3 is 10.1 Å². The SMILES string of the molecule is CCOc1nc(NN)nc(NCC2(SC)CCCC2)n1. The third kappa shape index (κ3) is 3.63. The summed E-state index contributed by atoms with van der Waals surface area (Å²) in [5.41, 5.74) is 2.43. The number of nitrogens with one attached hydrogen (secondary N) is 2. The summed E-state index contributed by atoms with van der Waals surface area (Å²) in [6, 6.07) is 0.280. The molecule has 7 nitrogen and oxygen atoms in total. The van der Waals surface area contributed by atoms with E-state index in [4.69, 9.17) is 10.6 Å². The molecular formula is C12H22N6OS. The lowest BCUT2D eigenvalue weighted by molar-refractivity contribution is 0.312. The van der Waals surface area contributed by atoms with E-state index in [9.17, 15) is 0 Å².